The minimum absolute atomic E-state index is 0.0508. The lowest BCUT2D eigenvalue weighted by atomic mass is 10.0. The third kappa shape index (κ3) is 4.26. The molecule has 1 rings (SSSR count). The summed E-state index contributed by atoms with van der Waals surface area (Å²) in [7, 11) is 8.50. The van der Waals surface area contributed by atoms with Crippen molar-refractivity contribution in [2.45, 2.75) is 18.9 Å². The number of aliphatic carboxylic acids is 1. The Morgan fingerprint density at radius 2 is 1.67 bits per heavy atom. The number of likely N-dealkylation sites (N-methyl/N-ethyl adjacent to an activating group) is 1. The summed E-state index contributed by atoms with van der Waals surface area (Å²) in [5.41, 5.74) is 0.862. The molecule has 1 atom stereocenters. The number of phenolic OH excluding ortho intramolecular Hbond substituents is 1. The van der Waals surface area contributed by atoms with E-state index in [9.17, 15) is 15.0 Å². The molecular formula is C15H24NO5+. The summed E-state index contributed by atoms with van der Waals surface area (Å²) < 4.78 is 10.5. The Kier molecular flexibility index (Phi) is 5.43. The Bertz CT molecular complexity index is 482. The van der Waals surface area contributed by atoms with Crippen molar-refractivity contribution in [2.24, 2.45) is 0 Å². The fourth-order valence-electron chi connectivity index (χ4n) is 2.24. The van der Waals surface area contributed by atoms with Crippen LogP contribution in [0.2, 0.25) is 0 Å². The van der Waals surface area contributed by atoms with E-state index in [0.717, 1.165) is 5.56 Å². The van der Waals surface area contributed by atoms with Crippen molar-refractivity contribution in [2.75, 3.05) is 35.4 Å². The lowest BCUT2D eigenvalue weighted by molar-refractivity contribution is -0.887. The molecule has 0 aromatic heterocycles. The predicted octanol–water partition coefficient (Wildman–Crippen LogP) is 1.50. The van der Waals surface area contributed by atoms with E-state index in [1.54, 1.807) is 12.1 Å². The van der Waals surface area contributed by atoms with Gasteiger partial charge in [0.05, 0.1) is 35.4 Å². The third-order valence-corrected chi connectivity index (χ3v) is 3.47. The molecule has 0 spiro atoms. The molecule has 0 aliphatic heterocycles. The van der Waals surface area contributed by atoms with E-state index in [2.05, 4.69) is 0 Å². The van der Waals surface area contributed by atoms with Crippen molar-refractivity contribution in [3.8, 4) is 17.2 Å². The Balaban J connectivity index is 2.95. The van der Waals surface area contributed by atoms with Crippen LogP contribution in [0.5, 0.6) is 17.2 Å². The summed E-state index contributed by atoms with van der Waals surface area (Å²) in [4.78, 5) is 11.4. The van der Waals surface area contributed by atoms with Crippen LogP contribution in [0, 0.1) is 0 Å². The maximum Gasteiger partial charge on any atom is 0.362 e. The topological polar surface area (TPSA) is 76.0 Å². The summed E-state index contributed by atoms with van der Waals surface area (Å²) in [6, 6.07) is 2.90. The number of phenols is 1. The number of nitrogens with zero attached hydrogens (tertiary/aromatic N) is 1. The number of quaternary nitrogens is 1. The lowest BCUT2D eigenvalue weighted by Gasteiger charge is -2.31. The van der Waals surface area contributed by atoms with E-state index in [1.165, 1.54) is 14.2 Å². The van der Waals surface area contributed by atoms with Crippen molar-refractivity contribution in [3.05, 3.63) is 17.7 Å². The molecule has 0 bridgehead atoms. The summed E-state index contributed by atoms with van der Waals surface area (Å²) in [5.74, 6) is -0.228. The zero-order chi connectivity index (χ0) is 16.2. The predicted molar refractivity (Wildman–Crippen MR) is 79.0 cm³/mol. The van der Waals surface area contributed by atoms with E-state index >= 15 is 0 Å². The van der Waals surface area contributed by atoms with Crippen LogP contribution in [-0.4, -0.2) is 62.1 Å². The molecule has 0 saturated heterocycles. The molecule has 21 heavy (non-hydrogen) atoms. The number of hydrogen-bond donors (Lipinski definition) is 2. The van der Waals surface area contributed by atoms with Crippen molar-refractivity contribution in [1.29, 1.82) is 0 Å². The van der Waals surface area contributed by atoms with Crippen LogP contribution < -0.4 is 9.47 Å². The average Bonchev–Trinajstić information content (AvgIpc) is 2.38. The third-order valence-electron chi connectivity index (χ3n) is 3.47. The number of methoxy groups -OCH3 is 2. The largest absolute Gasteiger partial charge is 0.502 e. The molecule has 0 fully saturated rings. The Labute approximate surface area is 125 Å². The average molecular weight is 298 g/mol. The number of carbonyl (C=O) groups is 1. The number of ether oxygens (including phenoxy) is 2. The van der Waals surface area contributed by atoms with Gasteiger partial charge in [0.1, 0.15) is 0 Å². The van der Waals surface area contributed by atoms with Gasteiger partial charge in [-0.1, -0.05) is 0 Å². The fraction of sp³-hybridized carbons (Fsp3) is 0.533. The highest BCUT2D eigenvalue weighted by Crippen LogP contribution is 2.37. The lowest BCUT2D eigenvalue weighted by Crippen LogP contribution is -2.50. The van der Waals surface area contributed by atoms with Crippen LogP contribution in [0.25, 0.3) is 0 Å². The molecule has 6 heteroatoms. The maximum atomic E-state index is 11.4. The standard InChI is InChI=1S/C15H23NO5/c1-16(2,3)11(15(18)19)7-6-10-8-12(20-4)14(17)13(9-10)21-5/h8-9,11H,6-7H2,1-5H3,(H-,17,18,19)/p+1/t11-/m1/s1. The normalized spacial score (nSPS) is 12.8. The first-order valence-corrected chi connectivity index (χ1v) is 6.68. The van der Waals surface area contributed by atoms with Gasteiger partial charge < -0.3 is 24.2 Å². The van der Waals surface area contributed by atoms with Gasteiger partial charge in [-0.25, -0.2) is 4.79 Å². The highest BCUT2D eigenvalue weighted by molar-refractivity contribution is 5.72. The first kappa shape index (κ1) is 17.1. The molecule has 0 radical (unpaired) electrons. The molecule has 0 heterocycles. The Hall–Kier alpha value is -1.95. The van der Waals surface area contributed by atoms with Crippen molar-refractivity contribution < 1.29 is 29.0 Å². The number of hydrogen-bond acceptors (Lipinski definition) is 4. The molecule has 2 N–H and O–H groups in total. The van der Waals surface area contributed by atoms with Crippen LogP contribution in [0.3, 0.4) is 0 Å². The molecule has 0 saturated carbocycles. The van der Waals surface area contributed by atoms with E-state index < -0.39 is 12.0 Å². The maximum absolute atomic E-state index is 11.4. The summed E-state index contributed by atoms with van der Waals surface area (Å²) in [6.07, 6.45) is 1.04. The zero-order valence-corrected chi connectivity index (χ0v) is 13.2. The van der Waals surface area contributed by atoms with Gasteiger partial charge in [0, 0.05) is 6.42 Å². The summed E-state index contributed by atoms with van der Waals surface area (Å²) >= 11 is 0. The highest BCUT2D eigenvalue weighted by atomic mass is 16.5. The first-order chi connectivity index (χ1) is 9.70. The molecule has 0 aliphatic rings. The molecule has 0 unspecified atom stereocenters. The van der Waals surface area contributed by atoms with Gasteiger partial charge >= 0.3 is 5.97 Å². The van der Waals surface area contributed by atoms with Crippen LogP contribution in [0.1, 0.15) is 12.0 Å². The fourth-order valence-corrected chi connectivity index (χ4v) is 2.24. The molecule has 1 aromatic carbocycles. The number of benzene rings is 1. The van der Waals surface area contributed by atoms with E-state index in [1.807, 2.05) is 21.1 Å². The van der Waals surface area contributed by atoms with Crippen LogP contribution in [-0.2, 0) is 11.2 Å². The molecular weight excluding hydrogens is 274 g/mol. The van der Waals surface area contributed by atoms with Gasteiger partial charge in [0.15, 0.2) is 17.5 Å². The smallest absolute Gasteiger partial charge is 0.362 e. The van der Waals surface area contributed by atoms with Gasteiger partial charge in [-0.2, -0.15) is 0 Å². The zero-order valence-electron chi connectivity index (χ0n) is 13.2. The first-order valence-electron chi connectivity index (χ1n) is 6.68. The molecule has 0 aliphatic carbocycles. The van der Waals surface area contributed by atoms with Gasteiger partial charge in [-0.3, -0.25) is 0 Å². The van der Waals surface area contributed by atoms with Crippen molar-refractivity contribution >= 4 is 5.97 Å². The minimum Gasteiger partial charge on any atom is -0.502 e. The van der Waals surface area contributed by atoms with Gasteiger partial charge in [0.25, 0.3) is 0 Å². The Morgan fingerprint density at radius 1 is 1.19 bits per heavy atom. The van der Waals surface area contributed by atoms with Gasteiger partial charge in [-0.05, 0) is 24.1 Å². The second kappa shape index (κ2) is 6.67. The summed E-state index contributed by atoms with van der Waals surface area (Å²) in [5, 5.41) is 19.2. The second-order valence-corrected chi connectivity index (χ2v) is 5.86. The van der Waals surface area contributed by atoms with Crippen LogP contribution in [0.4, 0.5) is 0 Å². The Morgan fingerprint density at radius 3 is 2.00 bits per heavy atom. The van der Waals surface area contributed by atoms with Crippen molar-refractivity contribution in [1.82, 2.24) is 0 Å². The number of aryl methyl sites for hydroxylation is 1. The SMILES string of the molecule is COc1cc(CC[C@H](C(=O)O)[N+](C)(C)C)cc(OC)c1O. The highest BCUT2D eigenvalue weighted by Gasteiger charge is 2.30. The van der Waals surface area contributed by atoms with E-state index in [4.69, 9.17) is 9.47 Å². The number of rotatable bonds is 7. The molecule has 118 valence electrons. The van der Waals surface area contributed by atoms with Gasteiger partial charge in [-0.15, -0.1) is 0 Å². The van der Waals surface area contributed by atoms with Crippen LogP contribution in [0.15, 0.2) is 12.1 Å². The molecule has 6 nitrogen and oxygen atoms in total. The number of carboxylic acids is 1. The molecule has 0 amide bonds. The quantitative estimate of drug-likeness (QED) is 0.746. The minimum atomic E-state index is -0.819. The molecule has 1 aromatic rings. The van der Waals surface area contributed by atoms with E-state index in [0.29, 0.717) is 28.8 Å². The second-order valence-electron chi connectivity index (χ2n) is 5.86. The van der Waals surface area contributed by atoms with Gasteiger partial charge in [0.2, 0.25) is 5.75 Å². The monoisotopic (exact) mass is 298 g/mol. The van der Waals surface area contributed by atoms with Crippen molar-refractivity contribution in [3.63, 3.8) is 0 Å². The number of aromatic hydroxyl groups is 1. The number of carboxylic acid groups (broad SMARTS) is 1. The van der Waals surface area contributed by atoms with Crippen LogP contribution >= 0.6 is 0 Å². The van der Waals surface area contributed by atoms with E-state index in [-0.39, 0.29) is 5.75 Å². The summed E-state index contributed by atoms with van der Waals surface area (Å²) in [6.45, 7) is 0.